The van der Waals surface area contributed by atoms with E-state index in [-0.39, 0.29) is 17.9 Å². The van der Waals surface area contributed by atoms with E-state index in [2.05, 4.69) is 15.9 Å². The van der Waals surface area contributed by atoms with Gasteiger partial charge < -0.3 is 14.2 Å². The molecule has 0 atom stereocenters. The predicted octanol–water partition coefficient (Wildman–Crippen LogP) is 4.04. The molecule has 25 heavy (non-hydrogen) atoms. The number of carbonyl (C=O) groups is 1. The van der Waals surface area contributed by atoms with Crippen molar-refractivity contribution in [1.29, 1.82) is 0 Å². The third kappa shape index (κ3) is 4.27. The topological polar surface area (TPSA) is 87.9 Å². The summed E-state index contributed by atoms with van der Waals surface area (Å²) in [6.45, 7) is 1.58. The average molecular weight is 410 g/mol. The fourth-order valence-electron chi connectivity index (χ4n) is 2.22. The second-order valence-electron chi connectivity index (χ2n) is 5.13. The van der Waals surface area contributed by atoms with Gasteiger partial charge in [0.25, 0.3) is 5.69 Å². The smallest absolute Gasteiger partial charge is 0.338 e. The van der Waals surface area contributed by atoms with E-state index >= 15 is 0 Å². The van der Waals surface area contributed by atoms with Crippen LogP contribution in [0.25, 0.3) is 0 Å². The zero-order chi connectivity index (χ0) is 18.6. The molecule has 7 nitrogen and oxygen atoms in total. The standard InChI is InChI=1S/C17H16BrNO6/c1-10-6-11(4-5-14(10)19(21)22)17(20)25-9-12-7-15(23-2)16(24-3)8-13(12)18/h4-8H,9H2,1-3H3. The molecule has 0 N–H and O–H groups in total. The highest BCUT2D eigenvalue weighted by Crippen LogP contribution is 2.33. The average Bonchev–Trinajstić information content (AvgIpc) is 2.59. The zero-order valence-corrected chi connectivity index (χ0v) is 15.5. The number of halogens is 1. The van der Waals surface area contributed by atoms with Gasteiger partial charge in [-0.3, -0.25) is 10.1 Å². The van der Waals surface area contributed by atoms with Gasteiger partial charge in [0, 0.05) is 21.7 Å². The molecule has 0 saturated heterocycles. The second kappa shape index (κ2) is 7.98. The van der Waals surface area contributed by atoms with Crippen LogP contribution in [0.1, 0.15) is 21.5 Å². The number of esters is 1. The van der Waals surface area contributed by atoms with Crippen LogP contribution in [0.3, 0.4) is 0 Å². The highest BCUT2D eigenvalue weighted by atomic mass is 79.9. The number of methoxy groups -OCH3 is 2. The summed E-state index contributed by atoms with van der Waals surface area (Å²) < 4.78 is 16.4. The molecule has 0 bridgehead atoms. The first kappa shape index (κ1) is 18.7. The minimum absolute atomic E-state index is 0.00973. The first-order valence-corrected chi connectivity index (χ1v) is 7.99. The number of hydrogen-bond donors (Lipinski definition) is 0. The van der Waals surface area contributed by atoms with Crippen LogP contribution >= 0.6 is 15.9 Å². The first-order chi connectivity index (χ1) is 11.9. The summed E-state index contributed by atoms with van der Waals surface area (Å²) in [5.74, 6) is 0.498. The Bertz CT molecular complexity index is 821. The summed E-state index contributed by atoms with van der Waals surface area (Å²) in [5.41, 5.74) is 1.30. The van der Waals surface area contributed by atoms with Gasteiger partial charge in [-0.25, -0.2) is 4.79 Å². The molecule has 2 rings (SSSR count). The summed E-state index contributed by atoms with van der Waals surface area (Å²) >= 11 is 3.39. The van der Waals surface area contributed by atoms with E-state index in [1.807, 2.05) is 0 Å². The largest absolute Gasteiger partial charge is 0.493 e. The summed E-state index contributed by atoms with van der Waals surface area (Å²) in [6, 6.07) is 7.52. The number of aryl methyl sites for hydroxylation is 1. The maximum absolute atomic E-state index is 12.2. The maximum atomic E-state index is 12.2. The van der Waals surface area contributed by atoms with Gasteiger partial charge in [0.05, 0.1) is 24.7 Å². The molecular weight excluding hydrogens is 394 g/mol. The first-order valence-electron chi connectivity index (χ1n) is 7.20. The van der Waals surface area contributed by atoms with Crippen molar-refractivity contribution in [2.24, 2.45) is 0 Å². The van der Waals surface area contributed by atoms with Crippen molar-refractivity contribution in [3.8, 4) is 11.5 Å². The lowest BCUT2D eigenvalue weighted by molar-refractivity contribution is -0.385. The van der Waals surface area contributed by atoms with E-state index in [0.29, 0.717) is 27.1 Å². The van der Waals surface area contributed by atoms with Gasteiger partial charge in [-0.05, 0) is 31.2 Å². The molecule has 2 aromatic carbocycles. The highest BCUT2D eigenvalue weighted by molar-refractivity contribution is 9.10. The number of hydrogen-bond acceptors (Lipinski definition) is 6. The predicted molar refractivity (Wildman–Crippen MR) is 94.2 cm³/mol. The Morgan fingerprint density at radius 3 is 2.36 bits per heavy atom. The Balaban J connectivity index is 2.15. The van der Waals surface area contributed by atoms with E-state index in [1.165, 1.54) is 32.4 Å². The number of nitro benzene ring substituents is 1. The van der Waals surface area contributed by atoms with E-state index in [4.69, 9.17) is 14.2 Å². The van der Waals surface area contributed by atoms with Crippen molar-refractivity contribution in [2.75, 3.05) is 14.2 Å². The fraction of sp³-hybridized carbons (Fsp3) is 0.235. The Hall–Kier alpha value is -2.61. The zero-order valence-electron chi connectivity index (χ0n) is 13.9. The number of benzene rings is 2. The lowest BCUT2D eigenvalue weighted by atomic mass is 10.1. The summed E-state index contributed by atoms with van der Waals surface area (Å²) in [7, 11) is 3.04. The van der Waals surface area contributed by atoms with E-state index in [0.717, 1.165) is 0 Å². The minimum atomic E-state index is -0.570. The summed E-state index contributed by atoms with van der Waals surface area (Å²) in [6.07, 6.45) is 0. The van der Waals surface area contributed by atoms with Gasteiger partial charge in [-0.2, -0.15) is 0 Å². The SMILES string of the molecule is COc1cc(Br)c(COC(=O)c2ccc([N+](=O)[O-])c(C)c2)cc1OC. The maximum Gasteiger partial charge on any atom is 0.338 e. The number of nitro groups is 1. The molecular formula is C17H16BrNO6. The summed E-state index contributed by atoms with van der Waals surface area (Å²) in [5, 5.41) is 10.8. The van der Waals surface area contributed by atoms with Crippen molar-refractivity contribution < 1.29 is 23.9 Å². The van der Waals surface area contributed by atoms with Crippen LogP contribution in [0, 0.1) is 17.0 Å². The molecule has 0 spiro atoms. The third-order valence-corrected chi connectivity index (χ3v) is 4.28. The molecule has 132 valence electrons. The van der Waals surface area contributed by atoms with Gasteiger partial charge in [-0.1, -0.05) is 15.9 Å². The van der Waals surface area contributed by atoms with Gasteiger partial charge in [0.15, 0.2) is 11.5 Å². The van der Waals surface area contributed by atoms with Crippen LogP contribution in [-0.2, 0) is 11.3 Å². The normalized spacial score (nSPS) is 10.2. The molecule has 0 heterocycles. The van der Waals surface area contributed by atoms with Crippen LogP contribution in [0.5, 0.6) is 11.5 Å². The lowest BCUT2D eigenvalue weighted by Gasteiger charge is -2.12. The van der Waals surface area contributed by atoms with Gasteiger partial charge >= 0.3 is 5.97 Å². The quantitative estimate of drug-likeness (QED) is 0.406. The number of carbonyl (C=O) groups excluding carboxylic acids is 1. The van der Waals surface area contributed by atoms with Crippen molar-refractivity contribution >= 4 is 27.6 Å². The fourth-order valence-corrected chi connectivity index (χ4v) is 2.66. The van der Waals surface area contributed by atoms with E-state index < -0.39 is 10.9 Å². The molecule has 2 aromatic rings. The monoisotopic (exact) mass is 409 g/mol. The van der Waals surface area contributed by atoms with Crippen molar-refractivity contribution in [2.45, 2.75) is 13.5 Å². The molecule has 0 unspecified atom stereocenters. The molecule has 0 saturated carbocycles. The molecule has 0 aromatic heterocycles. The molecule has 0 amide bonds. The lowest BCUT2D eigenvalue weighted by Crippen LogP contribution is -2.07. The molecule has 0 aliphatic carbocycles. The van der Waals surface area contributed by atoms with Crippen molar-refractivity contribution in [3.05, 3.63) is 61.6 Å². The highest BCUT2D eigenvalue weighted by Gasteiger charge is 2.16. The van der Waals surface area contributed by atoms with Crippen LogP contribution in [0.4, 0.5) is 5.69 Å². The Kier molecular flexibility index (Phi) is 5.97. The number of rotatable bonds is 6. The van der Waals surface area contributed by atoms with Crippen LogP contribution < -0.4 is 9.47 Å². The van der Waals surface area contributed by atoms with Gasteiger partial charge in [0.1, 0.15) is 6.61 Å². The Morgan fingerprint density at radius 2 is 1.80 bits per heavy atom. The molecule has 0 radical (unpaired) electrons. The minimum Gasteiger partial charge on any atom is -0.493 e. The van der Waals surface area contributed by atoms with Gasteiger partial charge in [0.2, 0.25) is 0 Å². The molecule has 0 fully saturated rings. The molecule has 0 aliphatic heterocycles. The van der Waals surface area contributed by atoms with Gasteiger partial charge in [-0.15, -0.1) is 0 Å². The summed E-state index contributed by atoms with van der Waals surface area (Å²) in [4.78, 5) is 22.5. The molecule has 0 aliphatic rings. The van der Waals surface area contributed by atoms with E-state index in [9.17, 15) is 14.9 Å². The van der Waals surface area contributed by atoms with Crippen LogP contribution in [0.2, 0.25) is 0 Å². The molecule has 8 heteroatoms. The second-order valence-corrected chi connectivity index (χ2v) is 5.99. The van der Waals surface area contributed by atoms with Crippen LogP contribution in [0.15, 0.2) is 34.8 Å². The third-order valence-electron chi connectivity index (χ3n) is 3.54. The number of nitrogens with zero attached hydrogens (tertiary/aromatic N) is 1. The van der Waals surface area contributed by atoms with Crippen molar-refractivity contribution in [3.63, 3.8) is 0 Å². The Morgan fingerprint density at radius 1 is 1.16 bits per heavy atom. The van der Waals surface area contributed by atoms with Crippen molar-refractivity contribution in [1.82, 2.24) is 0 Å². The number of ether oxygens (including phenoxy) is 3. The van der Waals surface area contributed by atoms with Crippen LogP contribution in [-0.4, -0.2) is 25.1 Å². The van der Waals surface area contributed by atoms with E-state index in [1.54, 1.807) is 19.1 Å². The Labute approximate surface area is 152 Å².